The normalized spacial score (nSPS) is 24.2. The van der Waals surface area contributed by atoms with Crippen LogP contribution in [0.2, 0.25) is 0 Å². The van der Waals surface area contributed by atoms with E-state index in [-0.39, 0.29) is 12.5 Å². The van der Waals surface area contributed by atoms with Gasteiger partial charge in [-0.25, -0.2) is 4.79 Å². The van der Waals surface area contributed by atoms with Gasteiger partial charge in [0.2, 0.25) is 0 Å². The average molecular weight is 408 g/mol. The van der Waals surface area contributed by atoms with Crippen LogP contribution in [0.1, 0.15) is 26.3 Å². The van der Waals surface area contributed by atoms with Gasteiger partial charge >= 0.3 is 6.09 Å². The van der Waals surface area contributed by atoms with Crippen molar-refractivity contribution in [1.29, 1.82) is 0 Å². The summed E-state index contributed by atoms with van der Waals surface area (Å²) in [4.78, 5) is 24.6. The van der Waals surface area contributed by atoms with Gasteiger partial charge in [0.15, 0.2) is 6.10 Å². The second-order valence-electron chi connectivity index (χ2n) is 7.91. The number of nitrogens with one attached hydrogen (secondary N) is 2. The molecule has 1 saturated heterocycles. The second-order valence-corrected chi connectivity index (χ2v) is 7.91. The van der Waals surface area contributed by atoms with Crippen LogP contribution in [0.15, 0.2) is 30.3 Å². The van der Waals surface area contributed by atoms with E-state index < -0.39 is 36.1 Å². The first-order chi connectivity index (χ1) is 13.7. The summed E-state index contributed by atoms with van der Waals surface area (Å²) in [5.74, 6) is -0.269. The number of rotatable bonds is 8. The summed E-state index contributed by atoms with van der Waals surface area (Å²) in [5, 5.41) is 5.55. The molecule has 8 nitrogen and oxygen atoms in total. The number of methoxy groups -OCH3 is 2. The molecule has 29 heavy (non-hydrogen) atoms. The molecule has 1 heterocycles. The van der Waals surface area contributed by atoms with Gasteiger partial charge < -0.3 is 29.6 Å². The fraction of sp³-hybridized carbons (Fsp3) is 0.619. The van der Waals surface area contributed by atoms with Crippen LogP contribution in [0.3, 0.4) is 0 Å². The summed E-state index contributed by atoms with van der Waals surface area (Å²) in [6, 6.07) is 9.90. The van der Waals surface area contributed by atoms with Crippen LogP contribution < -0.4 is 10.6 Å². The minimum atomic E-state index is -0.828. The Labute approximate surface area is 172 Å². The van der Waals surface area contributed by atoms with E-state index in [1.807, 2.05) is 30.3 Å². The number of carbonyl (C=O) groups is 2. The van der Waals surface area contributed by atoms with Crippen molar-refractivity contribution in [2.24, 2.45) is 0 Å². The molecule has 2 N–H and O–H groups in total. The number of hydrogen-bond acceptors (Lipinski definition) is 6. The monoisotopic (exact) mass is 408 g/mol. The summed E-state index contributed by atoms with van der Waals surface area (Å²) >= 11 is 0. The molecule has 0 spiro atoms. The molecule has 0 radical (unpaired) electrons. The number of carbonyl (C=O) groups excluding carboxylic acids is 2. The molecule has 8 heteroatoms. The lowest BCUT2D eigenvalue weighted by Crippen LogP contribution is -2.45. The van der Waals surface area contributed by atoms with Crippen molar-refractivity contribution in [1.82, 2.24) is 10.6 Å². The van der Waals surface area contributed by atoms with E-state index in [2.05, 4.69) is 10.6 Å². The van der Waals surface area contributed by atoms with Gasteiger partial charge in [0.25, 0.3) is 5.91 Å². The minimum absolute atomic E-state index is 0.140. The van der Waals surface area contributed by atoms with Gasteiger partial charge in [0, 0.05) is 27.3 Å². The maximum absolute atomic E-state index is 12.7. The zero-order chi connectivity index (χ0) is 21.4. The van der Waals surface area contributed by atoms with Crippen LogP contribution in [-0.2, 0) is 30.2 Å². The van der Waals surface area contributed by atoms with E-state index in [1.165, 1.54) is 14.2 Å². The summed E-state index contributed by atoms with van der Waals surface area (Å²) in [6.45, 7) is 5.98. The highest BCUT2D eigenvalue weighted by Gasteiger charge is 2.48. The van der Waals surface area contributed by atoms with Gasteiger partial charge in [-0.15, -0.1) is 0 Å². The Kier molecular flexibility index (Phi) is 8.43. The third-order valence-electron chi connectivity index (χ3n) is 4.51. The van der Waals surface area contributed by atoms with Gasteiger partial charge in [-0.3, -0.25) is 4.79 Å². The fourth-order valence-corrected chi connectivity index (χ4v) is 3.22. The van der Waals surface area contributed by atoms with Crippen molar-refractivity contribution in [2.75, 3.05) is 27.3 Å². The average Bonchev–Trinajstić information content (AvgIpc) is 3.03. The first-order valence-corrected chi connectivity index (χ1v) is 9.74. The summed E-state index contributed by atoms with van der Waals surface area (Å²) in [6.07, 6.45) is -2.29. The van der Waals surface area contributed by atoms with E-state index in [4.69, 9.17) is 18.9 Å². The maximum Gasteiger partial charge on any atom is 0.407 e. The summed E-state index contributed by atoms with van der Waals surface area (Å²) in [7, 11) is 3.03. The smallest absolute Gasteiger partial charge is 0.407 e. The van der Waals surface area contributed by atoms with Gasteiger partial charge in [-0.2, -0.15) is 0 Å². The van der Waals surface area contributed by atoms with Crippen LogP contribution in [-0.4, -0.2) is 69.3 Å². The van der Waals surface area contributed by atoms with Crippen molar-refractivity contribution in [3.8, 4) is 0 Å². The van der Waals surface area contributed by atoms with Crippen molar-refractivity contribution in [3.63, 3.8) is 0 Å². The zero-order valence-electron chi connectivity index (χ0n) is 17.8. The highest BCUT2D eigenvalue weighted by molar-refractivity contribution is 5.82. The summed E-state index contributed by atoms with van der Waals surface area (Å²) in [5.41, 5.74) is 0.537. The van der Waals surface area contributed by atoms with Gasteiger partial charge in [0.05, 0.1) is 0 Å². The molecule has 162 valence electrons. The fourth-order valence-electron chi connectivity index (χ4n) is 3.22. The molecule has 0 aromatic heterocycles. The van der Waals surface area contributed by atoms with Crippen LogP contribution >= 0.6 is 0 Å². The van der Waals surface area contributed by atoms with Crippen LogP contribution in [0.25, 0.3) is 0 Å². The molecule has 2 rings (SSSR count). The first kappa shape index (κ1) is 23.1. The van der Waals surface area contributed by atoms with Crippen LogP contribution in [0.4, 0.5) is 4.79 Å². The molecule has 4 atom stereocenters. The molecule has 1 fully saturated rings. The quantitative estimate of drug-likeness (QED) is 0.679. The highest BCUT2D eigenvalue weighted by atomic mass is 16.6. The molecule has 1 aliphatic rings. The number of benzene rings is 1. The predicted octanol–water partition coefficient (Wildman–Crippen LogP) is 1.67. The topological polar surface area (TPSA) is 95.1 Å². The Morgan fingerprint density at radius 2 is 1.69 bits per heavy atom. The Hall–Kier alpha value is -2.16. The maximum atomic E-state index is 12.7. The standard InChI is InChI=1S/C21H32N2O6/c1-21(2,3)29-20(25)23-13-15-16(26-4)17(27-5)18(28-15)19(24)22-12-11-14-9-7-6-8-10-14/h6-10,15-18H,11-13H2,1-5H3,(H,22,24)(H,23,25)/t15-,16-,17+,18+/m1/s1. The molecular weight excluding hydrogens is 376 g/mol. The lowest BCUT2D eigenvalue weighted by molar-refractivity contribution is -0.136. The number of ether oxygens (including phenoxy) is 4. The van der Waals surface area contributed by atoms with Gasteiger partial charge in [0.1, 0.15) is 23.9 Å². The minimum Gasteiger partial charge on any atom is -0.444 e. The lowest BCUT2D eigenvalue weighted by atomic mass is 10.1. The number of amides is 2. The van der Waals surface area contributed by atoms with Crippen molar-refractivity contribution in [3.05, 3.63) is 35.9 Å². The van der Waals surface area contributed by atoms with E-state index in [0.717, 1.165) is 5.56 Å². The SMILES string of the molecule is CO[C@H]1[C@H](OC)[C@@H](CNC(=O)OC(C)(C)C)O[C@@H]1C(=O)NCCc1ccccc1. The third-order valence-corrected chi connectivity index (χ3v) is 4.51. The van der Waals surface area contributed by atoms with Crippen LogP contribution in [0, 0.1) is 0 Å². The summed E-state index contributed by atoms with van der Waals surface area (Å²) < 4.78 is 22.1. The largest absolute Gasteiger partial charge is 0.444 e. The molecule has 1 aromatic rings. The molecule has 0 saturated carbocycles. The molecule has 0 unspecified atom stereocenters. The lowest BCUT2D eigenvalue weighted by Gasteiger charge is -2.23. The van der Waals surface area contributed by atoms with Gasteiger partial charge in [-0.05, 0) is 32.8 Å². The molecular formula is C21H32N2O6. The Morgan fingerprint density at radius 3 is 2.28 bits per heavy atom. The third kappa shape index (κ3) is 6.99. The Balaban J connectivity index is 1.90. The second kappa shape index (κ2) is 10.6. The molecule has 0 aliphatic carbocycles. The predicted molar refractivity (Wildman–Crippen MR) is 108 cm³/mol. The molecule has 2 amide bonds. The van der Waals surface area contributed by atoms with E-state index in [0.29, 0.717) is 13.0 Å². The molecule has 1 aromatic carbocycles. The Bertz CT molecular complexity index is 661. The van der Waals surface area contributed by atoms with E-state index in [1.54, 1.807) is 20.8 Å². The Morgan fingerprint density at radius 1 is 1.03 bits per heavy atom. The van der Waals surface area contributed by atoms with E-state index >= 15 is 0 Å². The number of hydrogen-bond donors (Lipinski definition) is 2. The number of alkyl carbamates (subject to hydrolysis) is 1. The molecule has 0 bridgehead atoms. The van der Waals surface area contributed by atoms with Crippen LogP contribution in [0.5, 0.6) is 0 Å². The van der Waals surface area contributed by atoms with E-state index in [9.17, 15) is 9.59 Å². The van der Waals surface area contributed by atoms with Crippen molar-refractivity contribution in [2.45, 2.75) is 57.2 Å². The van der Waals surface area contributed by atoms with Crippen molar-refractivity contribution >= 4 is 12.0 Å². The zero-order valence-corrected chi connectivity index (χ0v) is 17.8. The first-order valence-electron chi connectivity index (χ1n) is 9.74. The molecule has 1 aliphatic heterocycles. The highest BCUT2D eigenvalue weighted by Crippen LogP contribution is 2.26. The van der Waals surface area contributed by atoms with Gasteiger partial charge in [-0.1, -0.05) is 30.3 Å². The van der Waals surface area contributed by atoms with Crippen molar-refractivity contribution < 1.29 is 28.5 Å².